The molecule has 6 nitrogen and oxygen atoms in total. The fraction of sp³-hybridized carbons (Fsp3) is 0.294. The van der Waals surface area contributed by atoms with E-state index < -0.39 is 0 Å². The number of nitrogens with one attached hydrogen (secondary N) is 1. The molecule has 0 atom stereocenters. The summed E-state index contributed by atoms with van der Waals surface area (Å²) in [6.45, 7) is 4.69. The molecule has 0 spiro atoms. The molecule has 0 unspecified atom stereocenters. The van der Waals surface area contributed by atoms with E-state index in [-0.39, 0.29) is 5.91 Å². The zero-order valence-corrected chi connectivity index (χ0v) is 13.4. The summed E-state index contributed by atoms with van der Waals surface area (Å²) in [5, 5.41) is 7.77. The van der Waals surface area contributed by atoms with Crippen LogP contribution < -0.4 is 10.1 Å². The molecule has 3 rings (SSSR count). The van der Waals surface area contributed by atoms with Crippen LogP contribution in [0.5, 0.6) is 5.75 Å². The highest BCUT2D eigenvalue weighted by Crippen LogP contribution is 2.26. The van der Waals surface area contributed by atoms with Gasteiger partial charge < -0.3 is 19.1 Å². The first kappa shape index (κ1) is 15.1. The van der Waals surface area contributed by atoms with Crippen LogP contribution in [0.4, 0.5) is 0 Å². The molecule has 0 aliphatic carbocycles. The van der Waals surface area contributed by atoms with Crippen molar-refractivity contribution >= 4 is 16.8 Å². The maximum absolute atomic E-state index is 12.2. The topological polar surface area (TPSA) is 69.3 Å². The maximum Gasteiger partial charge on any atom is 0.256 e. The van der Waals surface area contributed by atoms with Crippen molar-refractivity contribution in [1.29, 1.82) is 0 Å². The van der Waals surface area contributed by atoms with Gasteiger partial charge in [-0.25, -0.2) is 0 Å². The summed E-state index contributed by atoms with van der Waals surface area (Å²) >= 11 is 0. The van der Waals surface area contributed by atoms with Crippen LogP contribution in [0.1, 0.15) is 21.8 Å². The molecule has 120 valence electrons. The molecule has 0 saturated heterocycles. The van der Waals surface area contributed by atoms with Crippen molar-refractivity contribution in [3.8, 4) is 5.75 Å². The minimum atomic E-state index is -0.157. The van der Waals surface area contributed by atoms with Crippen molar-refractivity contribution < 1.29 is 14.1 Å². The van der Waals surface area contributed by atoms with Gasteiger partial charge in [-0.2, -0.15) is 0 Å². The molecule has 0 aliphatic heterocycles. The van der Waals surface area contributed by atoms with Crippen molar-refractivity contribution in [1.82, 2.24) is 15.0 Å². The number of methoxy groups -OCH3 is 1. The summed E-state index contributed by atoms with van der Waals surface area (Å²) in [6.07, 6.45) is 2.00. The van der Waals surface area contributed by atoms with Gasteiger partial charge in [-0.05, 0) is 32.0 Å². The van der Waals surface area contributed by atoms with Crippen molar-refractivity contribution in [2.75, 3.05) is 13.7 Å². The lowest BCUT2D eigenvalue weighted by molar-refractivity contribution is 0.0950. The number of rotatable bonds is 5. The maximum atomic E-state index is 12.2. The fourth-order valence-electron chi connectivity index (χ4n) is 2.75. The number of fused-ring (bicyclic) bond motifs is 1. The molecule has 0 radical (unpaired) electrons. The molecule has 1 N–H and O–H groups in total. The molecule has 6 heteroatoms. The lowest BCUT2D eigenvalue weighted by Crippen LogP contribution is -2.27. The standard InChI is InChI=1S/C17H19N3O3/c1-11-16(12(2)23-19-11)17(21)18-8-10-20-9-7-13-14(20)5-4-6-15(13)22-3/h4-7,9H,8,10H2,1-3H3,(H,18,21). The third kappa shape index (κ3) is 2.79. The Morgan fingerprint density at radius 2 is 2.17 bits per heavy atom. The SMILES string of the molecule is COc1cccc2c1ccn2CCNC(=O)c1c(C)noc1C. The Morgan fingerprint density at radius 1 is 1.35 bits per heavy atom. The molecule has 2 heterocycles. The van der Waals surface area contributed by atoms with Gasteiger partial charge in [0.1, 0.15) is 17.1 Å². The normalized spacial score (nSPS) is 10.9. The van der Waals surface area contributed by atoms with Gasteiger partial charge in [0.2, 0.25) is 0 Å². The molecule has 1 aromatic carbocycles. The zero-order chi connectivity index (χ0) is 16.4. The molecule has 0 bridgehead atoms. The van der Waals surface area contributed by atoms with Crippen molar-refractivity contribution in [2.24, 2.45) is 0 Å². The second kappa shape index (κ2) is 6.16. The molecule has 3 aromatic rings. The number of aryl methyl sites for hydroxylation is 2. The summed E-state index contributed by atoms with van der Waals surface area (Å²) < 4.78 is 12.5. The number of hydrogen-bond donors (Lipinski definition) is 1. The lowest BCUT2D eigenvalue weighted by atomic mass is 10.2. The highest BCUT2D eigenvalue weighted by Gasteiger charge is 2.16. The van der Waals surface area contributed by atoms with E-state index in [4.69, 9.17) is 9.26 Å². The number of carbonyl (C=O) groups excluding carboxylic acids is 1. The van der Waals surface area contributed by atoms with E-state index in [0.717, 1.165) is 16.7 Å². The minimum Gasteiger partial charge on any atom is -0.496 e. The van der Waals surface area contributed by atoms with Crippen LogP contribution in [0.25, 0.3) is 10.9 Å². The second-order valence-electron chi connectivity index (χ2n) is 5.36. The number of nitrogens with zero attached hydrogens (tertiary/aromatic N) is 2. The molecule has 0 aliphatic rings. The van der Waals surface area contributed by atoms with E-state index in [0.29, 0.717) is 30.1 Å². The molecule has 23 heavy (non-hydrogen) atoms. The Labute approximate surface area is 134 Å². The third-order valence-electron chi connectivity index (χ3n) is 3.89. The average Bonchev–Trinajstić information content (AvgIpc) is 3.10. The summed E-state index contributed by atoms with van der Waals surface area (Å²) in [5.74, 6) is 1.23. The second-order valence-corrected chi connectivity index (χ2v) is 5.36. The number of aromatic nitrogens is 2. The summed E-state index contributed by atoms with van der Waals surface area (Å²) in [7, 11) is 1.66. The number of carbonyl (C=O) groups is 1. The Bertz CT molecular complexity index is 829. The molecule has 2 aromatic heterocycles. The van der Waals surface area contributed by atoms with E-state index in [1.807, 2.05) is 30.5 Å². The van der Waals surface area contributed by atoms with E-state index in [1.54, 1.807) is 21.0 Å². The van der Waals surface area contributed by atoms with Crippen LogP contribution in [-0.4, -0.2) is 29.3 Å². The van der Waals surface area contributed by atoms with Gasteiger partial charge in [0.25, 0.3) is 5.91 Å². The van der Waals surface area contributed by atoms with E-state index in [2.05, 4.69) is 15.0 Å². The first-order chi connectivity index (χ1) is 11.1. The van der Waals surface area contributed by atoms with Crippen LogP contribution in [0.3, 0.4) is 0 Å². The number of amides is 1. The highest BCUT2D eigenvalue weighted by atomic mass is 16.5. The Morgan fingerprint density at radius 3 is 2.87 bits per heavy atom. The van der Waals surface area contributed by atoms with Crippen molar-refractivity contribution in [2.45, 2.75) is 20.4 Å². The quantitative estimate of drug-likeness (QED) is 0.786. The Balaban J connectivity index is 1.69. The van der Waals surface area contributed by atoms with Gasteiger partial charge in [-0.15, -0.1) is 0 Å². The zero-order valence-electron chi connectivity index (χ0n) is 13.4. The van der Waals surface area contributed by atoms with Gasteiger partial charge in [-0.3, -0.25) is 4.79 Å². The molecular formula is C17H19N3O3. The van der Waals surface area contributed by atoms with Gasteiger partial charge in [-0.1, -0.05) is 11.2 Å². The van der Waals surface area contributed by atoms with Gasteiger partial charge in [0, 0.05) is 24.7 Å². The molecule has 0 saturated carbocycles. The van der Waals surface area contributed by atoms with Crippen LogP contribution in [0.15, 0.2) is 35.0 Å². The van der Waals surface area contributed by atoms with Crippen LogP contribution >= 0.6 is 0 Å². The first-order valence-corrected chi connectivity index (χ1v) is 7.44. The fourth-order valence-corrected chi connectivity index (χ4v) is 2.75. The van der Waals surface area contributed by atoms with Gasteiger partial charge in [0.05, 0.1) is 18.3 Å². The summed E-state index contributed by atoms with van der Waals surface area (Å²) in [6, 6.07) is 7.95. The highest BCUT2D eigenvalue weighted by molar-refractivity contribution is 5.96. The minimum absolute atomic E-state index is 0.157. The van der Waals surface area contributed by atoms with Crippen LogP contribution in [-0.2, 0) is 6.54 Å². The van der Waals surface area contributed by atoms with Crippen molar-refractivity contribution in [3.05, 3.63) is 47.5 Å². The number of ether oxygens (including phenoxy) is 1. The lowest BCUT2D eigenvalue weighted by Gasteiger charge is -2.08. The van der Waals surface area contributed by atoms with Gasteiger partial charge in [0.15, 0.2) is 0 Å². The van der Waals surface area contributed by atoms with Gasteiger partial charge >= 0.3 is 0 Å². The van der Waals surface area contributed by atoms with E-state index in [9.17, 15) is 4.79 Å². The van der Waals surface area contributed by atoms with Crippen LogP contribution in [0, 0.1) is 13.8 Å². The number of hydrogen-bond acceptors (Lipinski definition) is 4. The van der Waals surface area contributed by atoms with Crippen molar-refractivity contribution in [3.63, 3.8) is 0 Å². The average molecular weight is 313 g/mol. The van der Waals surface area contributed by atoms with E-state index in [1.165, 1.54) is 0 Å². The third-order valence-corrected chi connectivity index (χ3v) is 3.89. The largest absolute Gasteiger partial charge is 0.496 e. The number of benzene rings is 1. The Kier molecular flexibility index (Phi) is 4.06. The van der Waals surface area contributed by atoms with Crippen LogP contribution in [0.2, 0.25) is 0 Å². The summed E-state index contributed by atoms with van der Waals surface area (Å²) in [5.41, 5.74) is 2.20. The smallest absolute Gasteiger partial charge is 0.256 e. The molecule has 0 fully saturated rings. The van der Waals surface area contributed by atoms with E-state index >= 15 is 0 Å². The summed E-state index contributed by atoms with van der Waals surface area (Å²) in [4.78, 5) is 12.2. The predicted molar refractivity (Wildman–Crippen MR) is 86.8 cm³/mol. The predicted octanol–water partition coefficient (Wildman–Crippen LogP) is 2.68. The Hall–Kier alpha value is -2.76. The monoisotopic (exact) mass is 313 g/mol. The molecule has 1 amide bonds. The molecular weight excluding hydrogens is 294 g/mol. The first-order valence-electron chi connectivity index (χ1n) is 7.44.